The van der Waals surface area contributed by atoms with Gasteiger partial charge >= 0.3 is 5.97 Å². The standard InChI is InChI=1S/C11H12BrNO6S/c12-7-3-6(11(16)17)1-2-10(7)20(18,19)13-4-8(14)9(15)5-13/h1-3,8-9,14-15H,4-5H2,(H,16,17). The second kappa shape index (κ2) is 5.41. The van der Waals surface area contributed by atoms with Gasteiger partial charge in [-0.1, -0.05) is 0 Å². The number of benzene rings is 1. The largest absolute Gasteiger partial charge is 0.478 e. The molecule has 1 saturated heterocycles. The number of aromatic carboxylic acids is 1. The summed E-state index contributed by atoms with van der Waals surface area (Å²) in [5.74, 6) is -1.17. The van der Waals surface area contributed by atoms with E-state index in [0.29, 0.717) is 0 Å². The second-order valence-electron chi connectivity index (χ2n) is 4.41. The second-order valence-corrected chi connectivity index (χ2v) is 7.17. The van der Waals surface area contributed by atoms with Crippen LogP contribution >= 0.6 is 15.9 Å². The summed E-state index contributed by atoms with van der Waals surface area (Å²) in [5.41, 5.74) is -0.0442. The number of hydrogen-bond donors (Lipinski definition) is 3. The monoisotopic (exact) mass is 365 g/mol. The Hall–Kier alpha value is -1.00. The Kier molecular flexibility index (Phi) is 4.17. The highest BCUT2D eigenvalue weighted by Crippen LogP contribution is 2.28. The zero-order valence-electron chi connectivity index (χ0n) is 10.1. The molecule has 1 aliphatic heterocycles. The normalized spacial score (nSPS) is 23.9. The number of aliphatic hydroxyl groups is 2. The Morgan fingerprint density at radius 2 is 1.80 bits per heavy atom. The van der Waals surface area contributed by atoms with Crippen molar-refractivity contribution in [3.8, 4) is 0 Å². The van der Waals surface area contributed by atoms with E-state index in [2.05, 4.69) is 15.9 Å². The van der Waals surface area contributed by atoms with Gasteiger partial charge in [0.15, 0.2) is 0 Å². The van der Waals surface area contributed by atoms with Gasteiger partial charge in [0, 0.05) is 17.6 Å². The fourth-order valence-electron chi connectivity index (χ4n) is 1.91. The molecule has 9 heteroatoms. The predicted octanol–water partition coefficient (Wildman–Crippen LogP) is -0.127. The number of halogens is 1. The molecule has 1 aliphatic rings. The van der Waals surface area contributed by atoms with Crippen LogP contribution in [0.3, 0.4) is 0 Å². The lowest BCUT2D eigenvalue weighted by Gasteiger charge is -2.16. The maximum Gasteiger partial charge on any atom is 0.335 e. The van der Waals surface area contributed by atoms with Crippen LogP contribution in [0.5, 0.6) is 0 Å². The third kappa shape index (κ3) is 2.72. The molecular formula is C11H12BrNO6S. The summed E-state index contributed by atoms with van der Waals surface area (Å²) in [5, 5.41) is 27.7. The van der Waals surface area contributed by atoms with Crippen LogP contribution < -0.4 is 0 Å². The van der Waals surface area contributed by atoms with Gasteiger partial charge in [-0.25, -0.2) is 13.2 Å². The summed E-state index contributed by atoms with van der Waals surface area (Å²) in [6.07, 6.45) is -2.25. The van der Waals surface area contributed by atoms with Crippen molar-refractivity contribution in [2.24, 2.45) is 0 Å². The molecule has 1 heterocycles. The van der Waals surface area contributed by atoms with Crippen molar-refractivity contribution >= 4 is 31.9 Å². The van der Waals surface area contributed by atoms with Crippen LogP contribution in [0.15, 0.2) is 27.6 Å². The van der Waals surface area contributed by atoms with Gasteiger partial charge in [0.05, 0.1) is 22.7 Å². The molecule has 3 N–H and O–H groups in total. The summed E-state index contributed by atoms with van der Waals surface area (Å²) in [6.45, 7) is -0.396. The van der Waals surface area contributed by atoms with Gasteiger partial charge in [-0.2, -0.15) is 4.31 Å². The van der Waals surface area contributed by atoms with Crippen molar-refractivity contribution in [2.75, 3.05) is 13.1 Å². The molecule has 1 aromatic carbocycles. The molecule has 0 saturated carbocycles. The minimum atomic E-state index is -3.90. The molecular weight excluding hydrogens is 354 g/mol. The number of carboxylic acids is 1. The number of aliphatic hydroxyl groups excluding tert-OH is 2. The van der Waals surface area contributed by atoms with Gasteiger partial charge in [0.1, 0.15) is 0 Å². The van der Waals surface area contributed by atoms with Crippen LogP contribution in [-0.4, -0.2) is 59.3 Å². The smallest absolute Gasteiger partial charge is 0.335 e. The molecule has 110 valence electrons. The molecule has 1 aromatic rings. The maximum atomic E-state index is 12.4. The Bertz CT molecular complexity index is 636. The van der Waals surface area contributed by atoms with Crippen molar-refractivity contribution in [3.05, 3.63) is 28.2 Å². The fraction of sp³-hybridized carbons (Fsp3) is 0.364. The molecule has 2 unspecified atom stereocenters. The first-order valence-electron chi connectivity index (χ1n) is 5.62. The highest BCUT2D eigenvalue weighted by atomic mass is 79.9. The number of β-amino-alcohol motifs (C(OH)–C–C–N with tert-alkyl or cyclic N) is 2. The van der Waals surface area contributed by atoms with E-state index in [1.54, 1.807) is 0 Å². The van der Waals surface area contributed by atoms with Crippen molar-refractivity contribution in [1.82, 2.24) is 4.31 Å². The van der Waals surface area contributed by atoms with Gasteiger partial charge in [0.25, 0.3) is 0 Å². The van der Waals surface area contributed by atoms with Gasteiger partial charge in [-0.15, -0.1) is 0 Å². The van der Waals surface area contributed by atoms with Gasteiger partial charge in [-0.3, -0.25) is 0 Å². The van der Waals surface area contributed by atoms with Crippen LogP contribution in [0.4, 0.5) is 0 Å². The Morgan fingerprint density at radius 1 is 1.25 bits per heavy atom. The molecule has 0 spiro atoms. The number of sulfonamides is 1. The van der Waals surface area contributed by atoms with Gasteiger partial charge in [-0.05, 0) is 34.1 Å². The molecule has 2 atom stereocenters. The van der Waals surface area contributed by atoms with E-state index in [1.807, 2.05) is 0 Å². The lowest BCUT2D eigenvalue weighted by molar-refractivity contribution is 0.0572. The van der Waals surface area contributed by atoms with Crippen molar-refractivity contribution < 1.29 is 28.5 Å². The first kappa shape index (κ1) is 15.4. The first-order chi connectivity index (χ1) is 9.23. The third-order valence-corrected chi connectivity index (χ3v) is 5.83. The van der Waals surface area contributed by atoms with E-state index in [0.717, 1.165) is 4.31 Å². The highest BCUT2D eigenvalue weighted by Gasteiger charge is 2.38. The summed E-state index contributed by atoms with van der Waals surface area (Å²) < 4.78 is 25.8. The molecule has 0 radical (unpaired) electrons. The fourth-order valence-corrected chi connectivity index (χ4v) is 4.43. The van der Waals surface area contributed by atoms with Crippen molar-refractivity contribution in [1.29, 1.82) is 0 Å². The van der Waals surface area contributed by atoms with E-state index in [4.69, 9.17) is 5.11 Å². The van der Waals surface area contributed by atoms with Crippen LogP contribution in [0, 0.1) is 0 Å². The van der Waals surface area contributed by atoms with E-state index in [1.165, 1.54) is 18.2 Å². The van der Waals surface area contributed by atoms with Crippen LogP contribution in [0.1, 0.15) is 10.4 Å². The maximum absolute atomic E-state index is 12.4. The average Bonchev–Trinajstić information content (AvgIpc) is 2.69. The minimum Gasteiger partial charge on any atom is -0.478 e. The zero-order chi connectivity index (χ0) is 15.1. The number of rotatable bonds is 3. The molecule has 1 fully saturated rings. The molecule has 0 aliphatic carbocycles. The van der Waals surface area contributed by atoms with Gasteiger partial charge in [0.2, 0.25) is 10.0 Å². The topological polar surface area (TPSA) is 115 Å². The van der Waals surface area contributed by atoms with E-state index >= 15 is 0 Å². The summed E-state index contributed by atoms with van der Waals surface area (Å²) >= 11 is 3.03. The number of hydrogen-bond acceptors (Lipinski definition) is 5. The summed E-state index contributed by atoms with van der Waals surface area (Å²) in [7, 11) is -3.90. The lowest BCUT2D eigenvalue weighted by Crippen LogP contribution is -2.30. The number of carboxylic acid groups (broad SMARTS) is 1. The van der Waals surface area contributed by atoms with Crippen LogP contribution in [-0.2, 0) is 10.0 Å². The summed E-state index contributed by atoms with van der Waals surface area (Å²) in [6, 6.07) is 3.56. The highest BCUT2D eigenvalue weighted by molar-refractivity contribution is 9.10. The van der Waals surface area contributed by atoms with E-state index in [-0.39, 0.29) is 28.0 Å². The molecule has 0 bridgehead atoms. The third-order valence-electron chi connectivity index (χ3n) is 3.02. The molecule has 20 heavy (non-hydrogen) atoms. The van der Waals surface area contributed by atoms with E-state index < -0.39 is 28.2 Å². The SMILES string of the molecule is O=C(O)c1ccc(S(=O)(=O)N2CC(O)C(O)C2)c(Br)c1. The van der Waals surface area contributed by atoms with Gasteiger partial charge < -0.3 is 15.3 Å². The quantitative estimate of drug-likeness (QED) is 0.687. The zero-order valence-corrected chi connectivity index (χ0v) is 12.5. The summed E-state index contributed by atoms with van der Waals surface area (Å²) in [4.78, 5) is 10.7. The van der Waals surface area contributed by atoms with E-state index in [9.17, 15) is 23.4 Å². The predicted molar refractivity (Wildman–Crippen MR) is 71.9 cm³/mol. The van der Waals surface area contributed by atoms with Crippen molar-refractivity contribution in [3.63, 3.8) is 0 Å². The Labute approximate surface area is 123 Å². The lowest BCUT2D eigenvalue weighted by atomic mass is 10.2. The molecule has 7 nitrogen and oxygen atoms in total. The average molecular weight is 366 g/mol. The molecule has 2 rings (SSSR count). The minimum absolute atomic E-state index is 0.0442. The Morgan fingerprint density at radius 3 is 2.25 bits per heavy atom. The Balaban J connectivity index is 2.38. The van der Waals surface area contributed by atoms with Crippen LogP contribution in [0.25, 0.3) is 0 Å². The van der Waals surface area contributed by atoms with Crippen molar-refractivity contribution in [2.45, 2.75) is 17.1 Å². The number of carbonyl (C=O) groups is 1. The number of nitrogens with zero attached hydrogens (tertiary/aromatic N) is 1. The molecule has 0 amide bonds. The first-order valence-corrected chi connectivity index (χ1v) is 7.86. The molecule has 0 aromatic heterocycles. The van der Waals surface area contributed by atoms with Crippen LogP contribution in [0.2, 0.25) is 0 Å².